The van der Waals surface area contributed by atoms with E-state index in [0.29, 0.717) is 37.6 Å². The number of ether oxygens (including phenoxy) is 2. The molecular weight excluding hydrogens is 496 g/mol. The lowest BCUT2D eigenvalue weighted by molar-refractivity contribution is 0.161. The van der Waals surface area contributed by atoms with Crippen molar-refractivity contribution in [3.05, 3.63) is 100.0 Å². The maximum absolute atomic E-state index is 13.2. The molecule has 1 atom stereocenters. The van der Waals surface area contributed by atoms with E-state index in [-0.39, 0.29) is 11.6 Å². The van der Waals surface area contributed by atoms with E-state index < -0.39 is 0 Å². The van der Waals surface area contributed by atoms with Crippen molar-refractivity contribution in [2.24, 2.45) is 0 Å². The molecule has 2 aromatic carbocycles. The number of benzene rings is 2. The molecule has 0 amide bonds. The van der Waals surface area contributed by atoms with Crippen LogP contribution in [0.5, 0.6) is 11.5 Å². The van der Waals surface area contributed by atoms with Crippen molar-refractivity contribution in [3.63, 3.8) is 0 Å². The number of furan rings is 1. The van der Waals surface area contributed by atoms with E-state index in [4.69, 9.17) is 13.9 Å². The lowest BCUT2D eigenvalue weighted by Crippen LogP contribution is -2.32. The number of hydrogen-bond donors (Lipinski definition) is 1. The van der Waals surface area contributed by atoms with Crippen molar-refractivity contribution in [2.45, 2.75) is 45.9 Å². The molecule has 0 radical (unpaired) electrons. The van der Waals surface area contributed by atoms with Crippen LogP contribution in [0, 0.1) is 0 Å². The molecule has 0 bridgehead atoms. The van der Waals surface area contributed by atoms with E-state index >= 15 is 0 Å². The van der Waals surface area contributed by atoms with Crippen molar-refractivity contribution < 1.29 is 13.9 Å². The summed E-state index contributed by atoms with van der Waals surface area (Å²) >= 11 is 0. The Bertz CT molecular complexity index is 1560. The van der Waals surface area contributed by atoms with Gasteiger partial charge >= 0.3 is 0 Å². The van der Waals surface area contributed by atoms with E-state index in [0.717, 1.165) is 40.1 Å². The maximum atomic E-state index is 13.2. The van der Waals surface area contributed by atoms with Gasteiger partial charge in [-0.3, -0.25) is 9.69 Å². The van der Waals surface area contributed by atoms with Gasteiger partial charge in [0.2, 0.25) is 0 Å². The number of rotatable bonds is 12. The van der Waals surface area contributed by atoms with Gasteiger partial charge in [0.1, 0.15) is 23.8 Å². The van der Waals surface area contributed by atoms with Gasteiger partial charge in [0.15, 0.2) is 5.82 Å². The van der Waals surface area contributed by atoms with Gasteiger partial charge in [-0.25, -0.2) is 4.68 Å². The normalized spacial score (nSPS) is 12.2. The highest BCUT2D eigenvalue weighted by atomic mass is 16.5. The zero-order chi connectivity index (χ0) is 27.2. The van der Waals surface area contributed by atoms with Crippen molar-refractivity contribution in [2.75, 3.05) is 13.7 Å². The number of aromatic nitrogens is 5. The molecule has 0 aliphatic rings. The molecule has 0 spiro atoms. The fraction of sp³-hybridized carbons (Fsp3) is 0.310. The highest BCUT2D eigenvalue weighted by Crippen LogP contribution is 2.28. The second-order valence-electron chi connectivity index (χ2n) is 9.26. The molecule has 10 heteroatoms. The summed E-state index contributed by atoms with van der Waals surface area (Å²) in [5.74, 6) is 3.02. The number of fused-ring (bicyclic) bond motifs is 1. The van der Waals surface area contributed by atoms with Crippen molar-refractivity contribution >= 4 is 10.9 Å². The average molecular weight is 529 g/mol. The molecule has 1 N–H and O–H groups in total. The number of hydrogen-bond acceptors (Lipinski definition) is 8. The molecule has 0 unspecified atom stereocenters. The fourth-order valence-corrected chi connectivity index (χ4v) is 4.78. The summed E-state index contributed by atoms with van der Waals surface area (Å²) in [7, 11) is 1.65. The minimum atomic E-state index is -0.165. The molecule has 202 valence electrons. The molecule has 0 saturated carbocycles. The van der Waals surface area contributed by atoms with E-state index in [9.17, 15) is 4.79 Å². The molecule has 0 aliphatic heterocycles. The van der Waals surface area contributed by atoms with Gasteiger partial charge in [0, 0.05) is 29.6 Å². The number of methoxy groups -OCH3 is 1. The number of tetrazole rings is 1. The summed E-state index contributed by atoms with van der Waals surface area (Å²) in [4.78, 5) is 18.5. The Hall–Kier alpha value is -4.44. The molecule has 0 aliphatic carbocycles. The van der Waals surface area contributed by atoms with E-state index in [1.54, 1.807) is 18.1 Å². The predicted octanol–water partition coefficient (Wildman–Crippen LogP) is 4.72. The van der Waals surface area contributed by atoms with Gasteiger partial charge in [-0.15, -0.1) is 5.10 Å². The molecule has 5 aromatic rings. The average Bonchev–Trinajstić information content (AvgIpc) is 3.63. The van der Waals surface area contributed by atoms with E-state index in [2.05, 4.69) is 32.3 Å². The maximum Gasteiger partial charge on any atom is 0.252 e. The molecule has 0 fully saturated rings. The zero-order valence-electron chi connectivity index (χ0n) is 22.3. The van der Waals surface area contributed by atoms with Crippen LogP contribution in [0.15, 0.2) is 76.1 Å². The predicted molar refractivity (Wildman–Crippen MR) is 147 cm³/mol. The van der Waals surface area contributed by atoms with Crippen LogP contribution in [-0.4, -0.2) is 43.8 Å². The Labute approximate surface area is 226 Å². The molecule has 10 nitrogen and oxygen atoms in total. The molecule has 5 rings (SSSR count). The summed E-state index contributed by atoms with van der Waals surface area (Å²) in [6.45, 7) is 6.00. The fourth-order valence-electron chi connectivity index (χ4n) is 4.78. The third kappa shape index (κ3) is 6.01. The number of nitrogens with zero attached hydrogens (tertiary/aromatic N) is 5. The SMILES string of the molecule is CCOc1ccc2[nH]c(=O)c(CN(Cc3ccc(OC)cc3)[C@H](CC)c3nnnn3Cc3ccco3)cc2c1. The highest BCUT2D eigenvalue weighted by molar-refractivity contribution is 5.80. The third-order valence-electron chi connectivity index (χ3n) is 6.69. The third-order valence-corrected chi connectivity index (χ3v) is 6.69. The van der Waals surface area contributed by atoms with Crippen LogP contribution in [0.25, 0.3) is 10.9 Å². The minimum Gasteiger partial charge on any atom is -0.497 e. The zero-order valence-corrected chi connectivity index (χ0v) is 22.3. The van der Waals surface area contributed by atoms with Gasteiger partial charge in [-0.1, -0.05) is 19.1 Å². The van der Waals surface area contributed by atoms with Crippen LogP contribution in [-0.2, 0) is 19.6 Å². The summed E-state index contributed by atoms with van der Waals surface area (Å²) in [5, 5.41) is 13.5. The van der Waals surface area contributed by atoms with E-state index in [1.807, 2.05) is 67.6 Å². The quantitative estimate of drug-likeness (QED) is 0.248. The van der Waals surface area contributed by atoms with Crippen molar-refractivity contribution in [3.8, 4) is 11.5 Å². The number of pyridine rings is 1. The molecule has 0 saturated heterocycles. The van der Waals surface area contributed by atoms with Crippen LogP contribution in [0.4, 0.5) is 0 Å². The van der Waals surface area contributed by atoms with Gasteiger partial charge < -0.3 is 18.9 Å². The van der Waals surface area contributed by atoms with Crippen molar-refractivity contribution in [1.82, 2.24) is 30.1 Å². The van der Waals surface area contributed by atoms with Crippen LogP contribution in [0.2, 0.25) is 0 Å². The number of nitrogens with one attached hydrogen (secondary N) is 1. The second-order valence-corrected chi connectivity index (χ2v) is 9.26. The van der Waals surface area contributed by atoms with Crippen LogP contribution < -0.4 is 15.0 Å². The van der Waals surface area contributed by atoms with Gasteiger partial charge in [-0.2, -0.15) is 0 Å². The first kappa shape index (κ1) is 26.2. The lowest BCUT2D eigenvalue weighted by atomic mass is 10.1. The Morgan fingerprint density at radius 3 is 2.59 bits per heavy atom. The van der Waals surface area contributed by atoms with Crippen LogP contribution >= 0.6 is 0 Å². The molecule has 3 aromatic heterocycles. The topological polar surface area (TPSA) is 111 Å². The van der Waals surface area contributed by atoms with Gasteiger partial charge in [-0.05, 0) is 77.9 Å². The summed E-state index contributed by atoms with van der Waals surface area (Å²) in [5.41, 5.74) is 2.36. The van der Waals surface area contributed by atoms with Crippen LogP contribution in [0.1, 0.15) is 49.0 Å². The first-order valence-electron chi connectivity index (χ1n) is 13.0. The summed E-state index contributed by atoms with van der Waals surface area (Å²) in [6.07, 6.45) is 2.37. The van der Waals surface area contributed by atoms with E-state index in [1.165, 1.54) is 0 Å². The minimum absolute atomic E-state index is 0.128. The Morgan fingerprint density at radius 2 is 1.87 bits per heavy atom. The number of aromatic amines is 1. The smallest absolute Gasteiger partial charge is 0.252 e. The standard InChI is InChI=1S/C29H32N6O4/c1-4-27(28-31-32-33-35(28)19-25-7-6-14-39-25)34(17-20-8-10-23(37-3)11-9-20)18-22-15-21-16-24(38-5-2)12-13-26(21)30-29(22)36/h6-16,27H,4-5,17-19H2,1-3H3,(H,30,36)/t27-/m1/s1. The summed E-state index contributed by atoms with van der Waals surface area (Å²) in [6, 6.07) is 19.1. The van der Waals surface area contributed by atoms with Crippen LogP contribution in [0.3, 0.4) is 0 Å². The second kappa shape index (κ2) is 12.0. The highest BCUT2D eigenvalue weighted by Gasteiger charge is 2.26. The molecular formula is C29H32N6O4. The Kier molecular flexibility index (Phi) is 8.02. The molecule has 3 heterocycles. The first-order chi connectivity index (χ1) is 19.1. The molecule has 39 heavy (non-hydrogen) atoms. The first-order valence-corrected chi connectivity index (χ1v) is 13.0. The number of H-pyrrole nitrogens is 1. The lowest BCUT2D eigenvalue weighted by Gasteiger charge is -2.30. The van der Waals surface area contributed by atoms with Crippen molar-refractivity contribution in [1.29, 1.82) is 0 Å². The Morgan fingerprint density at radius 1 is 1.05 bits per heavy atom. The monoisotopic (exact) mass is 528 g/mol. The largest absolute Gasteiger partial charge is 0.497 e. The Balaban J connectivity index is 1.51. The van der Waals surface area contributed by atoms with Gasteiger partial charge in [0.05, 0.1) is 26.0 Å². The van der Waals surface area contributed by atoms with Gasteiger partial charge in [0.25, 0.3) is 5.56 Å². The summed E-state index contributed by atoms with van der Waals surface area (Å²) < 4.78 is 18.3.